The summed E-state index contributed by atoms with van der Waals surface area (Å²) in [6.07, 6.45) is 0. The van der Waals surface area contributed by atoms with Crippen molar-refractivity contribution in [2.75, 3.05) is 13.1 Å². The highest BCUT2D eigenvalue weighted by molar-refractivity contribution is 7.89. The molecular formula is C19H29NO2SSi. The molecule has 0 N–H and O–H groups in total. The van der Waals surface area contributed by atoms with Crippen LogP contribution in [0.15, 0.2) is 65.2 Å². The van der Waals surface area contributed by atoms with Gasteiger partial charge in [-0.1, -0.05) is 67.8 Å². The van der Waals surface area contributed by atoms with E-state index in [9.17, 15) is 8.42 Å². The fourth-order valence-corrected chi connectivity index (χ4v) is 4.86. The minimum absolute atomic E-state index is 0.242. The number of aryl methyl sites for hydroxylation is 1. The quantitative estimate of drug-likeness (QED) is 0.386. The molecule has 0 saturated carbocycles. The van der Waals surface area contributed by atoms with Crippen LogP contribution in [-0.2, 0) is 10.0 Å². The van der Waals surface area contributed by atoms with Gasteiger partial charge in [-0.25, -0.2) is 8.42 Å². The van der Waals surface area contributed by atoms with E-state index < -0.39 is 18.1 Å². The Morgan fingerprint density at radius 3 is 1.96 bits per heavy atom. The highest BCUT2D eigenvalue weighted by atomic mass is 32.2. The van der Waals surface area contributed by atoms with Gasteiger partial charge in [0.15, 0.2) is 0 Å². The van der Waals surface area contributed by atoms with Gasteiger partial charge in [-0.3, -0.25) is 0 Å². The number of benzene rings is 1. The summed E-state index contributed by atoms with van der Waals surface area (Å²) in [5, 5.41) is 0.994. The van der Waals surface area contributed by atoms with Crippen molar-refractivity contribution in [3.05, 3.63) is 65.9 Å². The second kappa shape index (κ2) is 7.63. The number of nitrogens with zero attached hydrogens (tertiary/aromatic N) is 1. The molecule has 0 bridgehead atoms. The molecule has 0 heterocycles. The monoisotopic (exact) mass is 363 g/mol. The molecule has 3 nitrogen and oxygen atoms in total. The Bertz CT molecular complexity index is 741. The van der Waals surface area contributed by atoms with Crippen LogP contribution < -0.4 is 0 Å². The predicted octanol–water partition coefficient (Wildman–Crippen LogP) is 4.55. The minimum Gasteiger partial charge on any atom is -0.207 e. The van der Waals surface area contributed by atoms with Crippen LogP contribution in [0.1, 0.15) is 12.5 Å². The summed E-state index contributed by atoms with van der Waals surface area (Å²) in [6, 6.07) is 6.90. The Labute approximate surface area is 148 Å². The van der Waals surface area contributed by atoms with Crippen molar-refractivity contribution < 1.29 is 8.42 Å². The molecule has 0 atom stereocenters. The van der Waals surface area contributed by atoms with E-state index in [4.69, 9.17) is 0 Å². The van der Waals surface area contributed by atoms with Crippen molar-refractivity contribution in [2.24, 2.45) is 0 Å². The second-order valence-electron chi connectivity index (χ2n) is 7.38. The Morgan fingerprint density at radius 1 is 1.04 bits per heavy atom. The average molecular weight is 364 g/mol. The molecule has 0 aliphatic heterocycles. The van der Waals surface area contributed by atoms with Gasteiger partial charge in [-0.05, 0) is 31.6 Å². The zero-order valence-electron chi connectivity index (χ0n) is 15.5. The zero-order valence-corrected chi connectivity index (χ0v) is 17.3. The van der Waals surface area contributed by atoms with Gasteiger partial charge in [0.2, 0.25) is 10.0 Å². The molecule has 0 saturated heterocycles. The Kier molecular flexibility index (Phi) is 6.56. The second-order valence-corrected chi connectivity index (χ2v) is 14.4. The van der Waals surface area contributed by atoms with Crippen molar-refractivity contribution in [2.45, 2.75) is 38.4 Å². The lowest BCUT2D eigenvalue weighted by Gasteiger charge is -2.27. The van der Waals surface area contributed by atoms with Gasteiger partial charge >= 0.3 is 0 Å². The molecule has 1 rings (SSSR count). The third-order valence-electron chi connectivity index (χ3n) is 3.80. The lowest BCUT2D eigenvalue weighted by molar-refractivity contribution is 0.462. The van der Waals surface area contributed by atoms with Crippen LogP contribution in [0.2, 0.25) is 19.6 Å². The van der Waals surface area contributed by atoms with Gasteiger partial charge < -0.3 is 0 Å². The van der Waals surface area contributed by atoms with Crippen molar-refractivity contribution in [1.29, 1.82) is 0 Å². The van der Waals surface area contributed by atoms with E-state index >= 15 is 0 Å². The van der Waals surface area contributed by atoms with Crippen LogP contribution in [0.3, 0.4) is 0 Å². The first kappa shape index (κ1) is 20.6. The standard InChI is InChI=1S/C19H29NO2SSi/c1-15(2)13-20(14-17(4)18(5)24(6,7)8)23(21,22)19-11-9-16(3)10-12-19/h9-12H,1,4-5,13-14H2,2-3,6-8H3. The molecule has 24 heavy (non-hydrogen) atoms. The van der Waals surface area contributed by atoms with E-state index in [1.807, 2.05) is 26.0 Å². The van der Waals surface area contributed by atoms with E-state index in [2.05, 4.69) is 39.4 Å². The molecule has 0 aliphatic rings. The molecule has 0 unspecified atom stereocenters. The van der Waals surface area contributed by atoms with Crippen LogP contribution in [0, 0.1) is 6.92 Å². The first-order valence-electron chi connectivity index (χ1n) is 7.94. The topological polar surface area (TPSA) is 37.4 Å². The number of hydrogen-bond acceptors (Lipinski definition) is 2. The van der Waals surface area contributed by atoms with Crippen LogP contribution in [0.4, 0.5) is 0 Å². The minimum atomic E-state index is -3.60. The van der Waals surface area contributed by atoms with Gasteiger partial charge in [0.1, 0.15) is 0 Å². The maximum absolute atomic E-state index is 13.0. The van der Waals surface area contributed by atoms with Crippen molar-refractivity contribution in [1.82, 2.24) is 4.31 Å². The molecule has 0 spiro atoms. The number of rotatable bonds is 8. The number of hydrogen-bond donors (Lipinski definition) is 0. The zero-order chi connectivity index (χ0) is 18.7. The van der Waals surface area contributed by atoms with E-state index in [0.717, 1.165) is 21.9 Å². The van der Waals surface area contributed by atoms with Gasteiger partial charge in [0, 0.05) is 13.1 Å². The summed E-state index contributed by atoms with van der Waals surface area (Å²) < 4.78 is 27.5. The summed E-state index contributed by atoms with van der Waals surface area (Å²) in [5.74, 6) is 0. The van der Waals surface area contributed by atoms with Crippen LogP contribution in [-0.4, -0.2) is 33.9 Å². The highest BCUT2D eigenvalue weighted by Crippen LogP contribution is 2.24. The molecule has 0 aromatic heterocycles. The lowest BCUT2D eigenvalue weighted by Crippen LogP contribution is -2.36. The lowest BCUT2D eigenvalue weighted by atomic mass is 10.2. The average Bonchev–Trinajstić information content (AvgIpc) is 2.44. The summed E-state index contributed by atoms with van der Waals surface area (Å²) in [7, 11) is -5.22. The van der Waals surface area contributed by atoms with E-state index in [0.29, 0.717) is 4.90 Å². The van der Waals surface area contributed by atoms with Crippen LogP contribution in [0.5, 0.6) is 0 Å². The maximum Gasteiger partial charge on any atom is 0.243 e. The molecular weight excluding hydrogens is 334 g/mol. The summed E-state index contributed by atoms with van der Waals surface area (Å²) in [4.78, 5) is 0.292. The first-order chi connectivity index (χ1) is 10.9. The molecule has 1 aromatic rings. The molecule has 0 aliphatic carbocycles. The van der Waals surface area contributed by atoms with Gasteiger partial charge in [0.25, 0.3) is 0 Å². The largest absolute Gasteiger partial charge is 0.243 e. The smallest absolute Gasteiger partial charge is 0.207 e. The third-order valence-corrected chi connectivity index (χ3v) is 7.77. The van der Waals surface area contributed by atoms with Gasteiger partial charge in [0.05, 0.1) is 13.0 Å². The fourth-order valence-electron chi connectivity index (χ4n) is 2.22. The SMILES string of the molecule is C=C(C)CN(CC(=C)C(=C)[Si](C)(C)C)S(=O)(=O)c1ccc(C)cc1. The molecule has 0 fully saturated rings. The van der Waals surface area contributed by atoms with E-state index in [1.165, 1.54) is 4.31 Å². The highest BCUT2D eigenvalue weighted by Gasteiger charge is 2.27. The molecule has 0 radical (unpaired) electrons. The first-order valence-corrected chi connectivity index (χ1v) is 12.9. The van der Waals surface area contributed by atoms with Crippen LogP contribution >= 0.6 is 0 Å². The fraction of sp³-hybridized carbons (Fsp3) is 0.368. The summed E-state index contributed by atoms with van der Waals surface area (Å²) in [5.41, 5.74) is 2.60. The summed E-state index contributed by atoms with van der Waals surface area (Å²) >= 11 is 0. The van der Waals surface area contributed by atoms with Crippen molar-refractivity contribution >= 4 is 18.1 Å². The van der Waals surface area contributed by atoms with E-state index in [1.54, 1.807) is 12.1 Å². The summed E-state index contributed by atoms with van der Waals surface area (Å²) in [6.45, 7) is 22.9. The maximum atomic E-state index is 13.0. The van der Waals surface area contributed by atoms with Crippen LogP contribution in [0.25, 0.3) is 0 Å². The Balaban J connectivity index is 3.17. The van der Waals surface area contributed by atoms with Crippen molar-refractivity contribution in [3.63, 3.8) is 0 Å². The van der Waals surface area contributed by atoms with E-state index in [-0.39, 0.29) is 13.1 Å². The molecule has 1 aromatic carbocycles. The normalized spacial score (nSPS) is 12.2. The van der Waals surface area contributed by atoms with Gasteiger partial charge in [-0.15, -0.1) is 0 Å². The molecule has 0 amide bonds. The number of sulfonamides is 1. The van der Waals surface area contributed by atoms with Gasteiger partial charge in [-0.2, -0.15) is 4.31 Å². The predicted molar refractivity (Wildman–Crippen MR) is 106 cm³/mol. The van der Waals surface area contributed by atoms with Crippen molar-refractivity contribution in [3.8, 4) is 0 Å². The third kappa shape index (κ3) is 5.29. The Morgan fingerprint density at radius 2 is 1.54 bits per heavy atom. The molecule has 5 heteroatoms. The Hall–Kier alpha value is -1.43. The molecule has 132 valence electrons.